The molecule has 1 saturated heterocycles. The zero-order chi connectivity index (χ0) is 15.0. The van der Waals surface area contributed by atoms with Crippen molar-refractivity contribution >= 4 is 5.91 Å². The lowest BCUT2D eigenvalue weighted by Crippen LogP contribution is -2.28. The van der Waals surface area contributed by atoms with Gasteiger partial charge in [0.25, 0.3) is 5.91 Å². The van der Waals surface area contributed by atoms with Gasteiger partial charge in [-0.05, 0) is 31.0 Å². The summed E-state index contributed by atoms with van der Waals surface area (Å²) in [7, 11) is 0. The number of halogens is 2. The highest BCUT2D eigenvalue weighted by molar-refractivity contribution is 5.94. The van der Waals surface area contributed by atoms with Gasteiger partial charge in [-0.15, -0.1) is 0 Å². The number of carbonyl (C=O) groups is 1. The van der Waals surface area contributed by atoms with Crippen molar-refractivity contribution in [3.63, 3.8) is 0 Å². The smallest absolute Gasteiger partial charge is 0.254 e. The van der Waals surface area contributed by atoms with Crippen molar-refractivity contribution < 1.29 is 13.6 Å². The van der Waals surface area contributed by atoms with Gasteiger partial charge in [0.15, 0.2) is 0 Å². The van der Waals surface area contributed by atoms with Crippen LogP contribution in [0.5, 0.6) is 0 Å². The van der Waals surface area contributed by atoms with Crippen LogP contribution in [0.2, 0.25) is 0 Å². The molecular weight excluding hydrogens is 276 g/mol. The number of carbonyl (C=O) groups excluding carboxylic acids is 1. The lowest BCUT2D eigenvalue weighted by molar-refractivity contribution is 0.0789. The number of H-pyrrole nitrogens is 1. The summed E-state index contributed by atoms with van der Waals surface area (Å²) in [4.78, 5) is 13.9. The molecule has 21 heavy (non-hydrogen) atoms. The molecule has 1 amide bonds. The van der Waals surface area contributed by atoms with E-state index in [0.717, 1.165) is 35.9 Å². The number of rotatable bonds is 2. The minimum absolute atomic E-state index is 0.0504. The largest absolute Gasteiger partial charge is 0.338 e. The van der Waals surface area contributed by atoms with E-state index in [-0.39, 0.29) is 17.4 Å². The number of aromatic amines is 1. The van der Waals surface area contributed by atoms with Gasteiger partial charge in [0, 0.05) is 36.3 Å². The number of nitrogens with zero attached hydrogens (tertiary/aromatic N) is 2. The third-order valence-corrected chi connectivity index (χ3v) is 3.86. The van der Waals surface area contributed by atoms with Crippen molar-refractivity contribution in [2.75, 3.05) is 13.1 Å². The van der Waals surface area contributed by atoms with Crippen LogP contribution in [0.1, 0.15) is 34.0 Å². The summed E-state index contributed by atoms with van der Waals surface area (Å²) in [6.07, 6.45) is 2.56. The fourth-order valence-electron chi connectivity index (χ4n) is 2.81. The molecule has 110 valence electrons. The minimum Gasteiger partial charge on any atom is -0.338 e. The topological polar surface area (TPSA) is 49.0 Å². The molecule has 2 aromatic rings. The number of aryl methyl sites for hydroxylation is 1. The number of nitrogens with one attached hydrogen (secondary N) is 1. The predicted octanol–water partition coefficient (Wildman–Crippen LogP) is 2.63. The molecule has 0 radical (unpaired) electrons. The van der Waals surface area contributed by atoms with E-state index in [9.17, 15) is 13.6 Å². The maximum absolute atomic E-state index is 13.2. The summed E-state index contributed by atoms with van der Waals surface area (Å²) >= 11 is 0. The zero-order valence-electron chi connectivity index (χ0n) is 11.6. The SMILES string of the molecule is Cc1cn[nH]c1C1CCN(C(=O)c2cc(F)cc(F)c2)C1. The van der Waals surface area contributed by atoms with Gasteiger partial charge in [-0.25, -0.2) is 8.78 Å². The second-order valence-corrected chi connectivity index (χ2v) is 5.36. The summed E-state index contributed by atoms with van der Waals surface area (Å²) in [6, 6.07) is 2.90. The Hall–Kier alpha value is -2.24. The molecule has 2 heterocycles. The molecule has 1 fully saturated rings. The van der Waals surface area contributed by atoms with Crippen LogP contribution in [0, 0.1) is 18.6 Å². The Kier molecular flexibility index (Phi) is 3.45. The van der Waals surface area contributed by atoms with Gasteiger partial charge in [0.05, 0.1) is 6.20 Å². The van der Waals surface area contributed by atoms with E-state index in [2.05, 4.69) is 10.2 Å². The first kappa shape index (κ1) is 13.7. The highest BCUT2D eigenvalue weighted by Crippen LogP contribution is 2.28. The molecule has 1 aliphatic rings. The molecule has 6 heteroatoms. The van der Waals surface area contributed by atoms with Gasteiger partial charge < -0.3 is 4.90 Å². The van der Waals surface area contributed by atoms with E-state index in [1.54, 1.807) is 11.1 Å². The van der Waals surface area contributed by atoms with Crippen LogP contribution in [0.3, 0.4) is 0 Å². The monoisotopic (exact) mass is 291 g/mol. The number of amides is 1. The Morgan fingerprint density at radius 3 is 2.67 bits per heavy atom. The third-order valence-electron chi connectivity index (χ3n) is 3.86. The molecule has 0 aliphatic carbocycles. The lowest BCUT2D eigenvalue weighted by atomic mass is 10.0. The van der Waals surface area contributed by atoms with Crippen molar-refractivity contribution in [3.05, 3.63) is 52.9 Å². The van der Waals surface area contributed by atoms with E-state index in [1.165, 1.54) is 0 Å². The summed E-state index contributed by atoms with van der Waals surface area (Å²) in [5.74, 6) is -1.63. The molecule has 1 unspecified atom stereocenters. The van der Waals surface area contributed by atoms with Gasteiger partial charge in [-0.3, -0.25) is 9.89 Å². The Morgan fingerprint density at radius 1 is 1.33 bits per heavy atom. The molecular formula is C15H15F2N3O. The Labute approximate surface area is 120 Å². The fourth-order valence-corrected chi connectivity index (χ4v) is 2.81. The van der Waals surface area contributed by atoms with Gasteiger partial charge in [0.1, 0.15) is 11.6 Å². The quantitative estimate of drug-likeness (QED) is 0.924. The summed E-state index contributed by atoms with van der Waals surface area (Å²) in [5, 5.41) is 6.95. The van der Waals surface area contributed by atoms with E-state index in [1.807, 2.05) is 6.92 Å². The highest BCUT2D eigenvalue weighted by atomic mass is 19.1. The van der Waals surface area contributed by atoms with Crippen molar-refractivity contribution in [3.8, 4) is 0 Å². The minimum atomic E-state index is -0.737. The second-order valence-electron chi connectivity index (χ2n) is 5.36. The molecule has 0 saturated carbocycles. The summed E-state index contributed by atoms with van der Waals surface area (Å²) in [6.45, 7) is 3.06. The Bertz CT molecular complexity index is 663. The highest BCUT2D eigenvalue weighted by Gasteiger charge is 2.30. The molecule has 0 bridgehead atoms. The van der Waals surface area contributed by atoms with E-state index < -0.39 is 11.6 Å². The van der Waals surface area contributed by atoms with Crippen molar-refractivity contribution in [2.24, 2.45) is 0 Å². The normalized spacial score (nSPS) is 18.2. The molecule has 4 nitrogen and oxygen atoms in total. The molecule has 0 spiro atoms. The molecule has 1 aromatic heterocycles. The van der Waals surface area contributed by atoms with Crippen molar-refractivity contribution in [1.82, 2.24) is 15.1 Å². The maximum atomic E-state index is 13.2. The number of benzene rings is 1. The van der Waals surface area contributed by atoms with Gasteiger partial charge in [0.2, 0.25) is 0 Å². The van der Waals surface area contributed by atoms with Crippen molar-refractivity contribution in [1.29, 1.82) is 0 Å². The summed E-state index contributed by atoms with van der Waals surface area (Å²) < 4.78 is 26.4. The number of hydrogen-bond acceptors (Lipinski definition) is 2. The van der Waals surface area contributed by atoms with Crippen LogP contribution < -0.4 is 0 Å². The average Bonchev–Trinajstić information content (AvgIpc) is 3.05. The maximum Gasteiger partial charge on any atom is 0.254 e. The van der Waals surface area contributed by atoms with Gasteiger partial charge in [-0.2, -0.15) is 5.10 Å². The van der Waals surface area contributed by atoms with Crippen LogP contribution in [-0.4, -0.2) is 34.1 Å². The Balaban J connectivity index is 1.77. The summed E-state index contributed by atoms with van der Waals surface area (Å²) in [5.41, 5.74) is 2.14. The van der Waals surface area contributed by atoms with Crippen LogP contribution >= 0.6 is 0 Å². The first-order valence-corrected chi connectivity index (χ1v) is 6.80. The van der Waals surface area contributed by atoms with E-state index >= 15 is 0 Å². The second kappa shape index (κ2) is 5.27. The van der Waals surface area contributed by atoms with Crippen LogP contribution in [0.15, 0.2) is 24.4 Å². The number of likely N-dealkylation sites (tertiary alicyclic amines) is 1. The number of hydrogen-bond donors (Lipinski definition) is 1. The van der Waals surface area contributed by atoms with E-state index in [0.29, 0.717) is 13.1 Å². The standard InChI is InChI=1S/C15H15F2N3O/c1-9-7-18-19-14(9)10-2-3-20(8-10)15(21)11-4-12(16)6-13(17)5-11/h4-7,10H,2-3,8H2,1H3,(H,18,19). The Morgan fingerprint density at radius 2 is 2.05 bits per heavy atom. The lowest BCUT2D eigenvalue weighted by Gasteiger charge is -2.16. The molecule has 1 N–H and O–H groups in total. The van der Waals surface area contributed by atoms with Gasteiger partial charge in [-0.1, -0.05) is 0 Å². The van der Waals surface area contributed by atoms with Crippen LogP contribution in [0.4, 0.5) is 8.78 Å². The predicted molar refractivity (Wildman–Crippen MR) is 72.9 cm³/mol. The molecule has 1 atom stereocenters. The van der Waals surface area contributed by atoms with Gasteiger partial charge >= 0.3 is 0 Å². The number of aromatic nitrogens is 2. The molecule has 1 aromatic carbocycles. The fraction of sp³-hybridized carbons (Fsp3) is 0.333. The first-order chi connectivity index (χ1) is 10.0. The van der Waals surface area contributed by atoms with Crippen molar-refractivity contribution in [2.45, 2.75) is 19.3 Å². The van der Waals surface area contributed by atoms with E-state index in [4.69, 9.17) is 0 Å². The first-order valence-electron chi connectivity index (χ1n) is 6.80. The third kappa shape index (κ3) is 2.66. The van der Waals surface area contributed by atoms with Crippen LogP contribution in [-0.2, 0) is 0 Å². The zero-order valence-corrected chi connectivity index (χ0v) is 11.6. The average molecular weight is 291 g/mol. The van der Waals surface area contributed by atoms with Crippen LogP contribution in [0.25, 0.3) is 0 Å². The molecule has 1 aliphatic heterocycles. The molecule has 3 rings (SSSR count).